The fourth-order valence-corrected chi connectivity index (χ4v) is 2.25. The lowest BCUT2D eigenvalue weighted by atomic mass is 10.2. The molecule has 0 amide bonds. The van der Waals surface area contributed by atoms with Crippen LogP contribution in [0.3, 0.4) is 0 Å². The summed E-state index contributed by atoms with van der Waals surface area (Å²) < 4.78 is 19.7. The summed E-state index contributed by atoms with van der Waals surface area (Å²) >= 11 is 3.40. The Bertz CT molecular complexity index is 572. The number of unbranched alkanes of at least 4 members (excludes halogenated alkanes) is 1. The van der Waals surface area contributed by atoms with Gasteiger partial charge in [0.1, 0.15) is 11.6 Å². The van der Waals surface area contributed by atoms with Crippen molar-refractivity contribution < 1.29 is 9.13 Å². The van der Waals surface area contributed by atoms with Gasteiger partial charge >= 0.3 is 0 Å². The normalized spacial score (nSPS) is 10.4. The Morgan fingerprint density at radius 2 is 1.90 bits per heavy atom. The number of hydrogen-bond donors (Lipinski definition) is 1. The smallest absolute Gasteiger partial charge is 0.125 e. The summed E-state index contributed by atoms with van der Waals surface area (Å²) in [6.45, 7) is 3.53. The third-order valence-electron chi connectivity index (χ3n) is 3.10. The van der Waals surface area contributed by atoms with E-state index in [2.05, 4.69) is 28.2 Å². The fourth-order valence-electron chi connectivity index (χ4n) is 1.87. The maximum atomic E-state index is 13.2. The molecule has 0 radical (unpaired) electrons. The van der Waals surface area contributed by atoms with Gasteiger partial charge in [0.2, 0.25) is 0 Å². The average Bonchev–Trinajstić information content (AvgIpc) is 2.50. The molecule has 2 nitrogen and oxygen atoms in total. The summed E-state index contributed by atoms with van der Waals surface area (Å²) in [6.07, 6.45) is 2.20. The van der Waals surface area contributed by atoms with Crippen molar-refractivity contribution in [3.05, 3.63) is 58.3 Å². The molecule has 0 aromatic heterocycles. The SMILES string of the molecule is CCCCOc1ccc(CNc2cc(F)ccc2Br)cc1. The molecular formula is C17H19BrFNO. The standard InChI is InChI=1S/C17H19BrFNO/c1-2-3-10-21-15-7-4-13(5-8-15)12-20-17-11-14(19)6-9-16(17)18/h4-9,11,20H,2-3,10,12H2,1H3. The minimum absolute atomic E-state index is 0.250. The molecule has 0 bridgehead atoms. The van der Waals surface area contributed by atoms with Crippen molar-refractivity contribution in [2.24, 2.45) is 0 Å². The van der Waals surface area contributed by atoms with Gasteiger partial charge in [0.25, 0.3) is 0 Å². The maximum absolute atomic E-state index is 13.2. The molecule has 2 aromatic carbocycles. The van der Waals surface area contributed by atoms with Crippen LogP contribution in [0, 0.1) is 5.82 Å². The van der Waals surface area contributed by atoms with Gasteiger partial charge in [-0.25, -0.2) is 4.39 Å². The van der Waals surface area contributed by atoms with Gasteiger partial charge in [-0.1, -0.05) is 25.5 Å². The molecule has 21 heavy (non-hydrogen) atoms. The first-order valence-electron chi connectivity index (χ1n) is 7.09. The van der Waals surface area contributed by atoms with Gasteiger partial charge in [-0.05, 0) is 58.2 Å². The molecule has 0 saturated carbocycles. The first kappa shape index (κ1) is 15.8. The van der Waals surface area contributed by atoms with Crippen LogP contribution < -0.4 is 10.1 Å². The van der Waals surface area contributed by atoms with E-state index in [9.17, 15) is 4.39 Å². The molecule has 0 atom stereocenters. The zero-order valence-corrected chi connectivity index (χ0v) is 13.6. The quantitative estimate of drug-likeness (QED) is 0.676. The summed E-state index contributed by atoms with van der Waals surface area (Å²) in [5, 5.41) is 3.21. The summed E-state index contributed by atoms with van der Waals surface area (Å²) in [4.78, 5) is 0. The monoisotopic (exact) mass is 351 g/mol. The number of anilines is 1. The van der Waals surface area contributed by atoms with Crippen LogP contribution in [0.2, 0.25) is 0 Å². The first-order chi connectivity index (χ1) is 10.2. The van der Waals surface area contributed by atoms with E-state index in [0.29, 0.717) is 6.54 Å². The lowest BCUT2D eigenvalue weighted by Crippen LogP contribution is -2.01. The zero-order chi connectivity index (χ0) is 15.1. The van der Waals surface area contributed by atoms with Crippen LogP contribution in [0.15, 0.2) is 46.9 Å². The topological polar surface area (TPSA) is 21.3 Å². The summed E-state index contributed by atoms with van der Waals surface area (Å²) in [5.41, 5.74) is 1.87. The van der Waals surface area contributed by atoms with Gasteiger partial charge in [0.15, 0.2) is 0 Å². The van der Waals surface area contributed by atoms with Crippen molar-refractivity contribution >= 4 is 21.6 Å². The molecule has 0 spiro atoms. The Labute approximate surface area is 133 Å². The van der Waals surface area contributed by atoms with Gasteiger partial charge in [-0.15, -0.1) is 0 Å². The molecule has 2 rings (SSSR count). The lowest BCUT2D eigenvalue weighted by molar-refractivity contribution is 0.309. The number of nitrogens with one attached hydrogen (secondary N) is 1. The Balaban J connectivity index is 1.90. The predicted octanol–water partition coefficient (Wildman–Crippen LogP) is 5.38. The van der Waals surface area contributed by atoms with Crippen LogP contribution in [0.1, 0.15) is 25.3 Å². The highest BCUT2D eigenvalue weighted by Gasteiger charge is 2.02. The van der Waals surface area contributed by atoms with Crippen LogP contribution >= 0.6 is 15.9 Å². The van der Waals surface area contributed by atoms with Crippen LogP contribution in [0.4, 0.5) is 10.1 Å². The van der Waals surface area contributed by atoms with E-state index in [0.717, 1.165) is 40.9 Å². The van der Waals surface area contributed by atoms with Crippen molar-refractivity contribution in [2.75, 3.05) is 11.9 Å². The number of benzene rings is 2. The molecule has 0 aliphatic rings. The second kappa shape index (κ2) is 8.03. The highest BCUT2D eigenvalue weighted by atomic mass is 79.9. The molecule has 1 N–H and O–H groups in total. The molecule has 0 heterocycles. The highest BCUT2D eigenvalue weighted by molar-refractivity contribution is 9.10. The Hall–Kier alpha value is -1.55. The van der Waals surface area contributed by atoms with Crippen molar-refractivity contribution in [1.29, 1.82) is 0 Å². The van der Waals surface area contributed by atoms with Crippen molar-refractivity contribution in [1.82, 2.24) is 0 Å². The van der Waals surface area contributed by atoms with E-state index in [1.807, 2.05) is 24.3 Å². The summed E-state index contributed by atoms with van der Waals surface area (Å²) in [7, 11) is 0. The van der Waals surface area contributed by atoms with E-state index in [4.69, 9.17) is 4.74 Å². The molecule has 0 aliphatic heterocycles. The molecule has 0 fully saturated rings. The minimum Gasteiger partial charge on any atom is -0.494 e. The number of hydrogen-bond acceptors (Lipinski definition) is 2. The molecular weight excluding hydrogens is 333 g/mol. The summed E-state index contributed by atoms with van der Waals surface area (Å²) in [6, 6.07) is 12.6. The van der Waals surface area contributed by atoms with Crippen LogP contribution in [0.25, 0.3) is 0 Å². The van der Waals surface area contributed by atoms with Crippen LogP contribution in [0.5, 0.6) is 5.75 Å². The Kier molecular flexibility index (Phi) is 6.05. The molecule has 0 aliphatic carbocycles. The highest BCUT2D eigenvalue weighted by Crippen LogP contribution is 2.24. The van der Waals surface area contributed by atoms with E-state index < -0.39 is 0 Å². The van der Waals surface area contributed by atoms with Gasteiger partial charge in [-0.2, -0.15) is 0 Å². The number of halogens is 2. The maximum Gasteiger partial charge on any atom is 0.125 e. The van der Waals surface area contributed by atoms with Gasteiger partial charge < -0.3 is 10.1 Å². The van der Waals surface area contributed by atoms with E-state index in [1.54, 1.807) is 6.07 Å². The predicted molar refractivity (Wildman–Crippen MR) is 88.3 cm³/mol. The largest absolute Gasteiger partial charge is 0.494 e. The van der Waals surface area contributed by atoms with E-state index in [-0.39, 0.29) is 5.82 Å². The van der Waals surface area contributed by atoms with E-state index >= 15 is 0 Å². The van der Waals surface area contributed by atoms with Crippen molar-refractivity contribution in [2.45, 2.75) is 26.3 Å². The van der Waals surface area contributed by atoms with Gasteiger partial charge in [0.05, 0.1) is 12.3 Å². The third-order valence-corrected chi connectivity index (χ3v) is 3.79. The summed E-state index contributed by atoms with van der Waals surface area (Å²) in [5.74, 6) is 0.638. The molecule has 4 heteroatoms. The fraction of sp³-hybridized carbons (Fsp3) is 0.294. The number of ether oxygens (including phenoxy) is 1. The Morgan fingerprint density at radius 3 is 2.62 bits per heavy atom. The van der Waals surface area contributed by atoms with Crippen molar-refractivity contribution in [3.8, 4) is 5.75 Å². The third kappa shape index (κ3) is 5.05. The van der Waals surface area contributed by atoms with Crippen LogP contribution in [-0.2, 0) is 6.54 Å². The molecule has 112 valence electrons. The zero-order valence-electron chi connectivity index (χ0n) is 12.0. The molecule has 2 aromatic rings. The van der Waals surface area contributed by atoms with Gasteiger partial charge in [0, 0.05) is 11.0 Å². The Morgan fingerprint density at radius 1 is 1.14 bits per heavy atom. The van der Waals surface area contributed by atoms with Crippen LogP contribution in [-0.4, -0.2) is 6.61 Å². The number of rotatable bonds is 7. The second-order valence-electron chi connectivity index (χ2n) is 4.82. The molecule has 0 saturated heterocycles. The van der Waals surface area contributed by atoms with Gasteiger partial charge in [-0.3, -0.25) is 0 Å². The average molecular weight is 352 g/mol. The second-order valence-corrected chi connectivity index (χ2v) is 5.68. The first-order valence-corrected chi connectivity index (χ1v) is 7.89. The minimum atomic E-state index is -0.250. The molecule has 0 unspecified atom stereocenters. The van der Waals surface area contributed by atoms with Crippen molar-refractivity contribution in [3.63, 3.8) is 0 Å². The lowest BCUT2D eigenvalue weighted by Gasteiger charge is -2.10. The van der Waals surface area contributed by atoms with E-state index in [1.165, 1.54) is 12.1 Å².